The molecule has 24 heavy (non-hydrogen) atoms. The average Bonchev–Trinajstić information content (AvgIpc) is 2.44. The van der Waals surface area contributed by atoms with Crippen LogP contribution < -0.4 is 15.8 Å². The summed E-state index contributed by atoms with van der Waals surface area (Å²) in [5.74, 6) is -0.331. The van der Waals surface area contributed by atoms with Crippen LogP contribution in [0.3, 0.4) is 0 Å². The molecule has 1 amide bonds. The molecular formula is C16H28ClN3O3S. The standard InChI is InChI=1S/C16H27N3O3S.ClH/c1-4-7-15(17)16(20)18-10-13-8-5-6-9-14(13)11-23(21,22)19-12(2)3;/h5-6,8-9,12,15,19H,4,7,10-11,17H2,1-3H3,(H,18,20);1H. The summed E-state index contributed by atoms with van der Waals surface area (Å²) in [6, 6.07) is 6.49. The summed E-state index contributed by atoms with van der Waals surface area (Å²) in [5.41, 5.74) is 7.22. The highest BCUT2D eigenvalue weighted by atomic mass is 35.5. The lowest BCUT2D eigenvalue weighted by Gasteiger charge is -2.15. The smallest absolute Gasteiger partial charge is 0.237 e. The number of rotatable bonds is 9. The van der Waals surface area contributed by atoms with Gasteiger partial charge in [0.1, 0.15) is 0 Å². The largest absolute Gasteiger partial charge is 0.351 e. The van der Waals surface area contributed by atoms with Gasteiger partial charge < -0.3 is 11.1 Å². The molecule has 1 aromatic rings. The van der Waals surface area contributed by atoms with Crippen molar-refractivity contribution in [2.75, 3.05) is 0 Å². The molecule has 0 fully saturated rings. The van der Waals surface area contributed by atoms with E-state index < -0.39 is 16.1 Å². The number of nitrogens with one attached hydrogen (secondary N) is 2. The zero-order valence-electron chi connectivity index (χ0n) is 14.4. The van der Waals surface area contributed by atoms with Gasteiger partial charge in [0.05, 0.1) is 11.8 Å². The molecule has 0 spiro atoms. The molecule has 1 unspecified atom stereocenters. The van der Waals surface area contributed by atoms with Crippen LogP contribution in [0.1, 0.15) is 44.7 Å². The van der Waals surface area contributed by atoms with Crippen LogP contribution in [0, 0.1) is 0 Å². The summed E-state index contributed by atoms with van der Waals surface area (Å²) in [6.45, 7) is 5.79. The second-order valence-electron chi connectivity index (χ2n) is 5.91. The molecule has 0 aliphatic carbocycles. The molecule has 0 radical (unpaired) electrons. The Morgan fingerprint density at radius 1 is 1.21 bits per heavy atom. The van der Waals surface area contributed by atoms with Gasteiger partial charge in [0.15, 0.2) is 0 Å². The van der Waals surface area contributed by atoms with Crippen molar-refractivity contribution in [3.05, 3.63) is 35.4 Å². The molecule has 1 rings (SSSR count). The van der Waals surface area contributed by atoms with Crippen molar-refractivity contribution in [2.45, 2.75) is 58.0 Å². The monoisotopic (exact) mass is 377 g/mol. The molecule has 138 valence electrons. The molecule has 1 aromatic carbocycles. The highest BCUT2D eigenvalue weighted by molar-refractivity contribution is 7.88. The van der Waals surface area contributed by atoms with Crippen LogP contribution in [-0.4, -0.2) is 26.4 Å². The van der Waals surface area contributed by atoms with Gasteiger partial charge in [-0.3, -0.25) is 4.79 Å². The lowest BCUT2D eigenvalue weighted by molar-refractivity contribution is -0.122. The minimum atomic E-state index is -3.41. The van der Waals surface area contributed by atoms with Crippen LogP contribution in [0.4, 0.5) is 0 Å². The Bertz CT molecular complexity index is 621. The molecule has 0 saturated carbocycles. The lowest BCUT2D eigenvalue weighted by atomic mass is 10.1. The van der Waals surface area contributed by atoms with Gasteiger partial charge in [-0.05, 0) is 31.4 Å². The van der Waals surface area contributed by atoms with Gasteiger partial charge in [-0.15, -0.1) is 12.4 Å². The van der Waals surface area contributed by atoms with E-state index in [0.717, 1.165) is 12.0 Å². The highest BCUT2D eigenvalue weighted by Gasteiger charge is 2.16. The summed E-state index contributed by atoms with van der Waals surface area (Å²) in [6.07, 6.45) is 1.46. The van der Waals surface area contributed by atoms with E-state index in [9.17, 15) is 13.2 Å². The quantitative estimate of drug-likeness (QED) is 0.609. The Hall–Kier alpha value is -1.15. The van der Waals surface area contributed by atoms with Crippen LogP contribution >= 0.6 is 12.4 Å². The van der Waals surface area contributed by atoms with E-state index in [1.807, 2.05) is 19.1 Å². The Morgan fingerprint density at radius 2 is 1.79 bits per heavy atom. The number of sulfonamides is 1. The minimum absolute atomic E-state index is 0. The maximum Gasteiger partial charge on any atom is 0.237 e. The SMILES string of the molecule is CCCC(N)C(=O)NCc1ccccc1CS(=O)(=O)NC(C)C.Cl. The van der Waals surface area contributed by atoms with E-state index in [0.29, 0.717) is 12.0 Å². The van der Waals surface area contributed by atoms with Gasteiger partial charge in [0.25, 0.3) is 0 Å². The molecule has 6 nitrogen and oxygen atoms in total. The van der Waals surface area contributed by atoms with Crippen LogP contribution in [0.25, 0.3) is 0 Å². The van der Waals surface area contributed by atoms with E-state index in [4.69, 9.17) is 5.73 Å². The number of benzene rings is 1. The van der Waals surface area contributed by atoms with Crippen LogP contribution in [0.5, 0.6) is 0 Å². The van der Waals surface area contributed by atoms with Crippen molar-refractivity contribution in [1.82, 2.24) is 10.0 Å². The third-order valence-electron chi connectivity index (χ3n) is 3.27. The molecule has 0 bridgehead atoms. The first-order valence-corrected chi connectivity index (χ1v) is 9.50. The zero-order valence-corrected chi connectivity index (χ0v) is 16.0. The number of nitrogens with two attached hydrogens (primary N) is 1. The van der Waals surface area contributed by atoms with Crippen molar-refractivity contribution < 1.29 is 13.2 Å². The molecule has 0 aliphatic rings. The van der Waals surface area contributed by atoms with Crippen molar-refractivity contribution >= 4 is 28.3 Å². The minimum Gasteiger partial charge on any atom is -0.351 e. The number of hydrogen-bond acceptors (Lipinski definition) is 4. The normalized spacial score (nSPS) is 12.5. The molecule has 4 N–H and O–H groups in total. The second kappa shape index (κ2) is 10.7. The summed E-state index contributed by atoms with van der Waals surface area (Å²) >= 11 is 0. The van der Waals surface area contributed by atoms with Gasteiger partial charge in [0, 0.05) is 12.6 Å². The van der Waals surface area contributed by atoms with Gasteiger partial charge in [-0.2, -0.15) is 0 Å². The third kappa shape index (κ3) is 8.10. The fraction of sp³-hybridized carbons (Fsp3) is 0.562. The first kappa shape index (κ1) is 22.9. The van der Waals surface area contributed by atoms with E-state index >= 15 is 0 Å². The van der Waals surface area contributed by atoms with Gasteiger partial charge in [-0.25, -0.2) is 13.1 Å². The fourth-order valence-corrected chi connectivity index (χ4v) is 3.72. The molecule has 0 aliphatic heterocycles. The van der Waals surface area contributed by atoms with Crippen LogP contribution in [0.2, 0.25) is 0 Å². The molecule has 0 aromatic heterocycles. The Morgan fingerprint density at radius 3 is 2.33 bits per heavy atom. The Balaban J connectivity index is 0.00000529. The number of carbonyl (C=O) groups is 1. The molecule has 0 heterocycles. The van der Waals surface area contributed by atoms with Crippen LogP contribution in [0.15, 0.2) is 24.3 Å². The van der Waals surface area contributed by atoms with Crippen molar-refractivity contribution in [3.8, 4) is 0 Å². The van der Waals surface area contributed by atoms with E-state index in [2.05, 4.69) is 10.0 Å². The van der Waals surface area contributed by atoms with E-state index in [-0.39, 0.29) is 36.7 Å². The number of hydrogen-bond donors (Lipinski definition) is 3. The molecular weight excluding hydrogens is 350 g/mol. The topological polar surface area (TPSA) is 101 Å². The maximum absolute atomic E-state index is 12.1. The average molecular weight is 378 g/mol. The third-order valence-corrected chi connectivity index (χ3v) is 4.79. The van der Waals surface area contributed by atoms with Crippen molar-refractivity contribution in [2.24, 2.45) is 5.73 Å². The first-order valence-electron chi connectivity index (χ1n) is 7.85. The second-order valence-corrected chi connectivity index (χ2v) is 7.67. The molecule has 1 atom stereocenters. The summed E-state index contributed by atoms with van der Waals surface area (Å²) < 4.78 is 26.7. The number of amides is 1. The van der Waals surface area contributed by atoms with E-state index in [1.165, 1.54) is 0 Å². The van der Waals surface area contributed by atoms with Gasteiger partial charge >= 0.3 is 0 Å². The van der Waals surface area contributed by atoms with Crippen molar-refractivity contribution in [1.29, 1.82) is 0 Å². The number of carbonyl (C=O) groups excluding carboxylic acids is 1. The fourth-order valence-electron chi connectivity index (χ4n) is 2.23. The molecule has 8 heteroatoms. The van der Waals surface area contributed by atoms with Crippen molar-refractivity contribution in [3.63, 3.8) is 0 Å². The van der Waals surface area contributed by atoms with Gasteiger partial charge in [0.2, 0.25) is 15.9 Å². The zero-order chi connectivity index (χ0) is 17.5. The predicted octanol–water partition coefficient (Wildman–Crippen LogP) is 1.68. The van der Waals surface area contributed by atoms with Crippen LogP contribution in [-0.2, 0) is 27.1 Å². The summed E-state index contributed by atoms with van der Waals surface area (Å²) in [4.78, 5) is 11.9. The predicted molar refractivity (Wildman–Crippen MR) is 99.3 cm³/mol. The Kier molecular flexibility index (Phi) is 10.1. The lowest BCUT2D eigenvalue weighted by Crippen LogP contribution is -2.40. The molecule has 0 saturated heterocycles. The summed E-state index contributed by atoms with van der Waals surface area (Å²) in [7, 11) is -3.41. The maximum atomic E-state index is 12.1. The van der Waals surface area contributed by atoms with E-state index in [1.54, 1.807) is 26.0 Å². The number of halogens is 1. The van der Waals surface area contributed by atoms with Gasteiger partial charge in [-0.1, -0.05) is 37.6 Å². The summed E-state index contributed by atoms with van der Waals surface area (Å²) in [5, 5.41) is 2.77. The first-order chi connectivity index (χ1) is 10.7. The Labute approximate surface area is 151 Å². The highest BCUT2D eigenvalue weighted by Crippen LogP contribution is 2.12.